The van der Waals surface area contributed by atoms with Crippen LogP contribution >= 0.6 is 11.8 Å². The number of thioether (sulfide) groups is 1. The van der Waals surface area contributed by atoms with Gasteiger partial charge < -0.3 is 14.7 Å². The molecule has 0 saturated heterocycles. The van der Waals surface area contributed by atoms with E-state index in [1.54, 1.807) is 35.8 Å². The normalized spacial score (nSPS) is 11.8. The van der Waals surface area contributed by atoms with Crippen LogP contribution in [-0.2, 0) is 16.1 Å². The first kappa shape index (κ1) is 19.4. The number of aliphatic carboxylic acids is 1. The number of ether oxygens (including phenoxy) is 1. The minimum Gasteiger partial charge on any atom is -0.482 e. The number of hydrogen-bond acceptors (Lipinski definition) is 4. The van der Waals surface area contributed by atoms with Crippen LogP contribution in [0, 0.1) is 0 Å². The Labute approximate surface area is 142 Å². The van der Waals surface area contributed by atoms with E-state index in [1.807, 2.05) is 19.1 Å². The van der Waals surface area contributed by atoms with Gasteiger partial charge in [0.1, 0.15) is 5.75 Å². The molecular formula is C17H25NO4S. The highest BCUT2D eigenvalue weighted by Gasteiger charge is 2.17. The minimum atomic E-state index is -1.01. The van der Waals surface area contributed by atoms with Crippen LogP contribution in [-0.4, -0.2) is 46.5 Å². The lowest BCUT2D eigenvalue weighted by Gasteiger charge is -2.21. The van der Waals surface area contributed by atoms with Crippen LogP contribution in [0.3, 0.4) is 0 Å². The summed E-state index contributed by atoms with van der Waals surface area (Å²) in [5.41, 5.74) is 0.981. The first-order chi connectivity index (χ1) is 10.9. The van der Waals surface area contributed by atoms with E-state index in [0.717, 1.165) is 24.2 Å². The molecule has 23 heavy (non-hydrogen) atoms. The molecule has 1 amide bonds. The van der Waals surface area contributed by atoms with Crippen molar-refractivity contribution in [2.45, 2.75) is 38.5 Å². The Kier molecular flexibility index (Phi) is 8.55. The molecule has 0 aromatic heterocycles. The van der Waals surface area contributed by atoms with Gasteiger partial charge in [0.2, 0.25) is 5.91 Å². The Bertz CT molecular complexity index is 504. The molecule has 1 rings (SSSR count). The summed E-state index contributed by atoms with van der Waals surface area (Å²) in [6.45, 7) is 4.26. The fraction of sp³-hybridized carbons (Fsp3) is 0.529. The predicted octanol–water partition coefficient (Wildman–Crippen LogP) is 3.03. The summed E-state index contributed by atoms with van der Waals surface area (Å²) in [4.78, 5) is 24.5. The van der Waals surface area contributed by atoms with E-state index in [-0.39, 0.29) is 17.8 Å². The van der Waals surface area contributed by atoms with E-state index in [4.69, 9.17) is 9.84 Å². The molecule has 0 aliphatic carbocycles. The monoisotopic (exact) mass is 339 g/mol. The van der Waals surface area contributed by atoms with Crippen LogP contribution < -0.4 is 4.74 Å². The molecule has 1 atom stereocenters. The van der Waals surface area contributed by atoms with E-state index in [1.165, 1.54) is 0 Å². The first-order valence-corrected chi connectivity index (χ1v) is 8.79. The molecular weight excluding hydrogens is 314 g/mol. The number of rotatable bonds is 10. The van der Waals surface area contributed by atoms with Crippen molar-refractivity contribution in [3.05, 3.63) is 29.8 Å². The smallest absolute Gasteiger partial charge is 0.341 e. The standard InChI is InChI=1S/C17H25NO4S/c1-4-5-10-23-13(2)17(21)18(3)11-14-6-8-15(9-7-14)22-12-16(19)20/h6-9,13H,4-5,10-12H2,1-3H3,(H,19,20). The summed E-state index contributed by atoms with van der Waals surface area (Å²) in [5.74, 6) is 0.632. The summed E-state index contributed by atoms with van der Waals surface area (Å²) in [6.07, 6.45) is 2.27. The summed E-state index contributed by atoms with van der Waals surface area (Å²) in [5, 5.41) is 8.53. The summed E-state index contributed by atoms with van der Waals surface area (Å²) in [6, 6.07) is 7.12. The number of hydrogen-bond donors (Lipinski definition) is 1. The number of carboxylic acid groups (broad SMARTS) is 1. The molecule has 0 heterocycles. The van der Waals surface area contributed by atoms with Crippen molar-refractivity contribution in [1.29, 1.82) is 0 Å². The molecule has 1 N–H and O–H groups in total. The third-order valence-corrected chi connectivity index (χ3v) is 4.52. The van der Waals surface area contributed by atoms with Gasteiger partial charge in [-0.2, -0.15) is 0 Å². The van der Waals surface area contributed by atoms with Gasteiger partial charge in [0, 0.05) is 13.6 Å². The maximum Gasteiger partial charge on any atom is 0.341 e. The van der Waals surface area contributed by atoms with Gasteiger partial charge >= 0.3 is 5.97 Å². The molecule has 0 spiro atoms. The average molecular weight is 339 g/mol. The van der Waals surface area contributed by atoms with E-state index in [9.17, 15) is 9.59 Å². The number of carbonyl (C=O) groups excluding carboxylic acids is 1. The third kappa shape index (κ3) is 7.41. The highest BCUT2D eigenvalue weighted by molar-refractivity contribution is 8.00. The van der Waals surface area contributed by atoms with Gasteiger partial charge in [-0.15, -0.1) is 11.8 Å². The molecule has 0 aliphatic heterocycles. The van der Waals surface area contributed by atoms with Crippen molar-refractivity contribution in [3.63, 3.8) is 0 Å². The van der Waals surface area contributed by atoms with Crippen molar-refractivity contribution < 1.29 is 19.4 Å². The van der Waals surface area contributed by atoms with E-state index < -0.39 is 5.97 Å². The van der Waals surface area contributed by atoms with Crippen molar-refractivity contribution in [2.24, 2.45) is 0 Å². The van der Waals surface area contributed by atoms with Crippen LogP contribution in [0.4, 0.5) is 0 Å². The average Bonchev–Trinajstić information content (AvgIpc) is 2.53. The largest absolute Gasteiger partial charge is 0.482 e. The Morgan fingerprint density at radius 1 is 1.30 bits per heavy atom. The predicted molar refractivity (Wildman–Crippen MR) is 92.9 cm³/mol. The Balaban J connectivity index is 2.47. The highest BCUT2D eigenvalue weighted by atomic mass is 32.2. The Hall–Kier alpha value is -1.69. The molecule has 128 valence electrons. The second kappa shape index (κ2) is 10.2. The van der Waals surface area contributed by atoms with Gasteiger partial charge in [-0.3, -0.25) is 4.79 Å². The zero-order valence-electron chi connectivity index (χ0n) is 13.9. The van der Waals surface area contributed by atoms with E-state index >= 15 is 0 Å². The van der Waals surface area contributed by atoms with Crippen molar-refractivity contribution in [2.75, 3.05) is 19.4 Å². The van der Waals surface area contributed by atoms with Gasteiger partial charge in [0.25, 0.3) is 0 Å². The zero-order valence-corrected chi connectivity index (χ0v) is 14.8. The van der Waals surface area contributed by atoms with Crippen molar-refractivity contribution in [1.82, 2.24) is 4.90 Å². The number of unbranched alkanes of at least 4 members (excludes halogenated alkanes) is 1. The summed E-state index contributed by atoms with van der Waals surface area (Å²) in [7, 11) is 1.80. The van der Waals surface area contributed by atoms with Crippen molar-refractivity contribution in [3.8, 4) is 5.75 Å². The molecule has 0 bridgehead atoms. The second-order valence-corrected chi connectivity index (χ2v) is 6.84. The number of carboxylic acids is 1. The molecule has 5 nitrogen and oxygen atoms in total. The van der Waals surface area contributed by atoms with Crippen LogP contribution in [0.1, 0.15) is 32.3 Å². The van der Waals surface area contributed by atoms with Crippen LogP contribution in [0.2, 0.25) is 0 Å². The Morgan fingerprint density at radius 3 is 2.52 bits per heavy atom. The quantitative estimate of drug-likeness (QED) is 0.664. The topological polar surface area (TPSA) is 66.8 Å². The van der Waals surface area contributed by atoms with Crippen LogP contribution in [0.5, 0.6) is 5.75 Å². The molecule has 0 fully saturated rings. The SMILES string of the molecule is CCCCSC(C)C(=O)N(C)Cc1ccc(OCC(=O)O)cc1. The molecule has 0 radical (unpaired) electrons. The first-order valence-electron chi connectivity index (χ1n) is 7.74. The molecule has 1 aromatic rings. The number of amides is 1. The van der Waals surface area contributed by atoms with Gasteiger partial charge in [-0.1, -0.05) is 25.5 Å². The molecule has 0 saturated carbocycles. The number of carbonyl (C=O) groups is 2. The Morgan fingerprint density at radius 2 is 1.96 bits per heavy atom. The van der Waals surface area contributed by atoms with Gasteiger partial charge in [0.15, 0.2) is 6.61 Å². The van der Waals surface area contributed by atoms with Gasteiger partial charge in [-0.05, 0) is 36.8 Å². The maximum atomic E-state index is 12.3. The lowest BCUT2D eigenvalue weighted by molar-refractivity contribution is -0.139. The van der Waals surface area contributed by atoms with Crippen molar-refractivity contribution >= 4 is 23.6 Å². The second-order valence-electron chi connectivity index (χ2n) is 5.39. The summed E-state index contributed by atoms with van der Waals surface area (Å²) < 4.78 is 5.08. The summed E-state index contributed by atoms with van der Waals surface area (Å²) >= 11 is 1.69. The third-order valence-electron chi connectivity index (χ3n) is 3.30. The molecule has 1 aromatic carbocycles. The molecule has 1 unspecified atom stereocenters. The minimum absolute atomic E-state index is 0.0373. The van der Waals surface area contributed by atoms with E-state index in [0.29, 0.717) is 12.3 Å². The fourth-order valence-corrected chi connectivity index (χ4v) is 3.11. The van der Waals surface area contributed by atoms with Gasteiger partial charge in [0.05, 0.1) is 5.25 Å². The zero-order chi connectivity index (χ0) is 17.2. The molecule has 0 aliphatic rings. The van der Waals surface area contributed by atoms with Crippen LogP contribution in [0.15, 0.2) is 24.3 Å². The molecule has 6 heteroatoms. The fourth-order valence-electron chi connectivity index (χ4n) is 1.97. The lowest BCUT2D eigenvalue weighted by atomic mass is 10.2. The lowest BCUT2D eigenvalue weighted by Crippen LogP contribution is -2.32. The number of benzene rings is 1. The maximum absolute atomic E-state index is 12.3. The highest BCUT2D eigenvalue weighted by Crippen LogP contribution is 2.17. The van der Waals surface area contributed by atoms with Gasteiger partial charge in [-0.25, -0.2) is 4.79 Å². The van der Waals surface area contributed by atoms with Crippen LogP contribution in [0.25, 0.3) is 0 Å². The number of nitrogens with zero attached hydrogens (tertiary/aromatic N) is 1. The van der Waals surface area contributed by atoms with E-state index in [2.05, 4.69) is 6.92 Å².